The summed E-state index contributed by atoms with van der Waals surface area (Å²) in [5.74, 6) is 0.551. The van der Waals surface area contributed by atoms with E-state index in [1.54, 1.807) is 6.20 Å². The van der Waals surface area contributed by atoms with Crippen molar-refractivity contribution in [2.24, 2.45) is 0 Å². The Morgan fingerprint density at radius 3 is 2.82 bits per heavy atom. The van der Waals surface area contributed by atoms with Crippen LogP contribution in [0, 0.1) is 0 Å². The van der Waals surface area contributed by atoms with E-state index in [1.807, 2.05) is 45.0 Å². The number of alkyl carbamates (subject to hydrolysis) is 1. The smallest absolute Gasteiger partial charge is 0.407 e. The highest BCUT2D eigenvalue weighted by atomic mass is 16.6. The summed E-state index contributed by atoms with van der Waals surface area (Å²) in [6.45, 7) is 5.75. The number of ether oxygens (including phenoxy) is 1. The largest absolute Gasteiger partial charge is 0.446 e. The second-order valence-corrected chi connectivity index (χ2v) is 8.17. The second-order valence-electron chi connectivity index (χ2n) is 8.17. The average Bonchev–Trinajstić information content (AvgIpc) is 3.23. The zero-order chi connectivity index (χ0) is 20.1. The Bertz CT molecular complexity index is 813. The molecule has 0 bridgehead atoms. The van der Waals surface area contributed by atoms with Crippen molar-refractivity contribution in [3.8, 4) is 0 Å². The van der Waals surface area contributed by atoms with Crippen LogP contribution in [0.25, 0.3) is 0 Å². The Hall–Kier alpha value is -2.90. The van der Waals surface area contributed by atoms with Crippen LogP contribution < -0.4 is 10.6 Å². The molecule has 0 spiro atoms. The van der Waals surface area contributed by atoms with Gasteiger partial charge in [-0.05, 0) is 52.2 Å². The molecular formula is C20H27N5O3. The predicted molar refractivity (Wildman–Crippen MR) is 105 cm³/mol. The van der Waals surface area contributed by atoms with E-state index < -0.39 is 0 Å². The van der Waals surface area contributed by atoms with Gasteiger partial charge in [0.05, 0.1) is 6.42 Å². The SMILES string of the molecule is CC(C)(C)NC(=O)O[C@@H]1CC[C@H](c2cc(NC(=O)Cc3ccccn3)n[nH]2)C1. The van der Waals surface area contributed by atoms with Crippen molar-refractivity contribution in [2.45, 2.75) is 64.0 Å². The molecule has 1 aliphatic rings. The third kappa shape index (κ3) is 5.80. The van der Waals surface area contributed by atoms with E-state index in [-0.39, 0.29) is 36.0 Å². The number of H-pyrrole nitrogens is 1. The minimum absolute atomic E-state index is 0.113. The van der Waals surface area contributed by atoms with Crippen molar-refractivity contribution in [1.29, 1.82) is 0 Å². The minimum Gasteiger partial charge on any atom is -0.446 e. The van der Waals surface area contributed by atoms with Gasteiger partial charge in [0.25, 0.3) is 0 Å². The van der Waals surface area contributed by atoms with Crippen LogP contribution >= 0.6 is 0 Å². The van der Waals surface area contributed by atoms with E-state index in [1.165, 1.54) is 0 Å². The van der Waals surface area contributed by atoms with Gasteiger partial charge in [-0.2, -0.15) is 5.10 Å². The fraction of sp³-hybridized carbons (Fsp3) is 0.500. The van der Waals surface area contributed by atoms with Gasteiger partial charge in [-0.15, -0.1) is 0 Å². The number of nitrogens with zero attached hydrogens (tertiary/aromatic N) is 2. The molecule has 0 aromatic carbocycles. The number of hydrogen-bond donors (Lipinski definition) is 3. The van der Waals surface area contributed by atoms with Crippen molar-refractivity contribution in [1.82, 2.24) is 20.5 Å². The first-order chi connectivity index (χ1) is 13.3. The Morgan fingerprint density at radius 1 is 1.29 bits per heavy atom. The zero-order valence-electron chi connectivity index (χ0n) is 16.5. The molecule has 0 saturated heterocycles. The Labute approximate surface area is 164 Å². The maximum atomic E-state index is 12.1. The van der Waals surface area contributed by atoms with Gasteiger partial charge in [0.2, 0.25) is 5.91 Å². The molecule has 3 rings (SSSR count). The number of carbonyl (C=O) groups excluding carboxylic acids is 2. The van der Waals surface area contributed by atoms with Gasteiger partial charge in [0.1, 0.15) is 6.10 Å². The molecule has 150 valence electrons. The van der Waals surface area contributed by atoms with Crippen molar-refractivity contribution in [3.63, 3.8) is 0 Å². The third-order valence-electron chi connectivity index (χ3n) is 4.51. The molecule has 2 aromatic heterocycles. The number of pyridine rings is 1. The molecule has 0 unspecified atom stereocenters. The highest BCUT2D eigenvalue weighted by molar-refractivity contribution is 5.91. The molecule has 2 atom stereocenters. The lowest BCUT2D eigenvalue weighted by molar-refractivity contribution is -0.115. The molecule has 1 saturated carbocycles. The van der Waals surface area contributed by atoms with Crippen molar-refractivity contribution >= 4 is 17.8 Å². The number of rotatable bonds is 5. The predicted octanol–water partition coefficient (Wildman–Crippen LogP) is 3.15. The molecular weight excluding hydrogens is 358 g/mol. The average molecular weight is 385 g/mol. The van der Waals surface area contributed by atoms with E-state index in [0.29, 0.717) is 11.5 Å². The number of aromatic amines is 1. The van der Waals surface area contributed by atoms with Gasteiger partial charge in [0, 0.05) is 35.1 Å². The summed E-state index contributed by atoms with van der Waals surface area (Å²) in [6, 6.07) is 7.32. The number of aromatic nitrogens is 3. The summed E-state index contributed by atoms with van der Waals surface area (Å²) in [5.41, 5.74) is 1.33. The molecule has 0 aliphatic heterocycles. The zero-order valence-corrected chi connectivity index (χ0v) is 16.5. The lowest BCUT2D eigenvalue weighted by Crippen LogP contribution is -2.42. The van der Waals surface area contributed by atoms with Crippen LogP contribution in [0.15, 0.2) is 30.5 Å². The van der Waals surface area contributed by atoms with Crippen molar-refractivity contribution in [2.75, 3.05) is 5.32 Å². The minimum atomic E-state index is -0.384. The molecule has 0 radical (unpaired) electrons. The molecule has 2 aromatic rings. The second kappa shape index (κ2) is 8.41. The Kier molecular flexibility index (Phi) is 5.96. The van der Waals surface area contributed by atoms with E-state index in [9.17, 15) is 9.59 Å². The van der Waals surface area contributed by atoms with Gasteiger partial charge in [0.15, 0.2) is 5.82 Å². The standard InChI is InChI=1S/C20H27N5O3/c1-20(2,3)23-19(27)28-15-8-7-13(10-15)16-12-17(25-24-16)22-18(26)11-14-6-4-5-9-21-14/h4-6,9,12-13,15H,7-8,10-11H2,1-3H3,(H,23,27)(H2,22,24,25,26)/t13-,15+/m0/s1. The van der Waals surface area contributed by atoms with Crippen LogP contribution in [-0.2, 0) is 16.0 Å². The van der Waals surface area contributed by atoms with Crippen LogP contribution in [0.3, 0.4) is 0 Å². The summed E-state index contributed by atoms with van der Waals surface area (Å²) >= 11 is 0. The van der Waals surface area contributed by atoms with E-state index in [2.05, 4.69) is 25.8 Å². The van der Waals surface area contributed by atoms with E-state index in [4.69, 9.17) is 4.74 Å². The summed E-state index contributed by atoms with van der Waals surface area (Å²) < 4.78 is 5.52. The molecule has 3 N–H and O–H groups in total. The monoisotopic (exact) mass is 385 g/mol. The van der Waals surface area contributed by atoms with E-state index >= 15 is 0 Å². The first kappa shape index (κ1) is 19.9. The van der Waals surface area contributed by atoms with Gasteiger partial charge < -0.3 is 15.4 Å². The molecule has 2 heterocycles. The highest BCUT2D eigenvalue weighted by Gasteiger charge is 2.30. The maximum absolute atomic E-state index is 12.1. The topological polar surface area (TPSA) is 109 Å². The molecule has 28 heavy (non-hydrogen) atoms. The number of carbonyl (C=O) groups is 2. The van der Waals surface area contributed by atoms with Crippen molar-refractivity contribution in [3.05, 3.63) is 41.9 Å². The number of hydrogen-bond acceptors (Lipinski definition) is 5. The van der Waals surface area contributed by atoms with Gasteiger partial charge in [-0.25, -0.2) is 4.79 Å². The van der Waals surface area contributed by atoms with Gasteiger partial charge in [-0.3, -0.25) is 14.9 Å². The number of anilines is 1. The first-order valence-corrected chi connectivity index (χ1v) is 9.52. The summed E-state index contributed by atoms with van der Waals surface area (Å²) in [7, 11) is 0. The van der Waals surface area contributed by atoms with Crippen LogP contribution in [0.5, 0.6) is 0 Å². The molecule has 8 heteroatoms. The highest BCUT2D eigenvalue weighted by Crippen LogP contribution is 2.35. The van der Waals surface area contributed by atoms with Crippen LogP contribution in [0.4, 0.5) is 10.6 Å². The number of amides is 2. The van der Waals surface area contributed by atoms with Gasteiger partial charge in [-0.1, -0.05) is 6.07 Å². The summed E-state index contributed by atoms with van der Waals surface area (Å²) in [5, 5.41) is 12.8. The Morgan fingerprint density at radius 2 is 2.11 bits per heavy atom. The van der Waals surface area contributed by atoms with Crippen molar-refractivity contribution < 1.29 is 14.3 Å². The van der Waals surface area contributed by atoms with Crippen LogP contribution in [0.1, 0.15) is 57.3 Å². The van der Waals surface area contributed by atoms with Crippen LogP contribution in [0.2, 0.25) is 0 Å². The fourth-order valence-electron chi connectivity index (χ4n) is 3.28. The maximum Gasteiger partial charge on any atom is 0.407 e. The molecule has 1 fully saturated rings. The van der Waals surface area contributed by atoms with E-state index in [0.717, 1.165) is 25.0 Å². The summed E-state index contributed by atoms with van der Waals surface area (Å²) in [4.78, 5) is 28.2. The molecule has 2 amide bonds. The summed E-state index contributed by atoms with van der Waals surface area (Å²) in [6.07, 6.45) is 3.81. The lowest BCUT2D eigenvalue weighted by atomic mass is 10.0. The third-order valence-corrected chi connectivity index (χ3v) is 4.51. The molecule has 1 aliphatic carbocycles. The Balaban J connectivity index is 1.49. The van der Waals surface area contributed by atoms with Gasteiger partial charge >= 0.3 is 6.09 Å². The normalized spacial score (nSPS) is 19.2. The first-order valence-electron chi connectivity index (χ1n) is 9.52. The fourth-order valence-corrected chi connectivity index (χ4v) is 3.28. The lowest BCUT2D eigenvalue weighted by Gasteiger charge is -2.22. The number of nitrogens with one attached hydrogen (secondary N) is 3. The van der Waals surface area contributed by atoms with Crippen LogP contribution in [-0.4, -0.2) is 38.8 Å². The quantitative estimate of drug-likeness (QED) is 0.732. The molecule has 8 nitrogen and oxygen atoms in total.